The van der Waals surface area contributed by atoms with Gasteiger partial charge in [0, 0.05) is 0 Å². The normalized spacial score (nSPS) is 11.4. The summed E-state index contributed by atoms with van der Waals surface area (Å²) in [6.45, 7) is 21.9. The molecule has 0 saturated carbocycles. The van der Waals surface area contributed by atoms with E-state index >= 15 is 0 Å². The molecule has 0 aromatic carbocycles. The Morgan fingerprint density at radius 1 is 0.476 bits per heavy atom. The van der Waals surface area contributed by atoms with Crippen molar-refractivity contribution in [3.8, 4) is 0 Å². The van der Waals surface area contributed by atoms with Gasteiger partial charge in [-0.2, -0.15) is 0 Å². The van der Waals surface area contributed by atoms with E-state index < -0.39 is 33.3 Å². The first kappa shape index (κ1) is 33.9. The summed E-state index contributed by atoms with van der Waals surface area (Å²) >= 11 is 0. The quantitative estimate of drug-likeness (QED) is 0.602. The van der Waals surface area contributed by atoms with E-state index in [1.807, 2.05) is 39.3 Å². The van der Waals surface area contributed by atoms with Crippen molar-refractivity contribution in [3.05, 3.63) is 0 Å². The van der Waals surface area contributed by atoms with Crippen LogP contribution in [-0.2, 0) is 21.7 Å². The maximum atomic E-state index is 10.2. The molecule has 0 unspecified atom stereocenters. The molecule has 21 heavy (non-hydrogen) atoms. The van der Waals surface area contributed by atoms with Crippen molar-refractivity contribution in [1.29, 1.82) is 0 Å². The zero-order valence-corrected chi connectivity index (χ0v) is 21.8. The second kappa shape index (κ2) is 13.8. The van der Waals surface area contributed by atoms with Gasteiger partial charge < -0.3 is 19.2 Å². The van der Waals surface area contributed by atoms with E-state index in [0.717, 1.165) is 0 Å². The van der Waals surface area contributed by atoms with Crippen LogP contribution in [0.25, 0.3) is 0 Å². The molecule has 0 aromatic heterocycles. The topological polar surface area (TPSA) is 86.6 Å². The predicted octanol–water partition coefficient (Wildman–Crippen LogP) is 1.99. The van der Waals surface area contributed by atoms with Gasteiger partial charge >= 0.3 is 21.7 Å². The van der Waals surface area contributed by atoms with E-state index in [-0.39, 0.29) is 21.7 Å². The van der Waals surface area contributed by atoms with Crippen LogP contribution >= 0.6 is 0 Å². The molecular weight excluding hydrogens is 368 g/mol. The Hall–Kier alpha value is 1.42. The van der Waals surface area contributed by atoms with Crippen molar-refractivity contribution in [2.45, 2.75) is 78.6 Å². The van der Waals surface area contributed by atoms with Crippen molar-refractivity contribution in [2.75, 3.05) is 0 Å². The standard InChI is InChI=1S/2C3H10OSi.2C3H9OSi.Ti/c4*1-5(2,3)4;/h2*4H,1-3H3;2*1-3H3;/q;;2*-1;+2. The zero-order valence-electron chi connectivity index (χ0n) is 16.2. The minimum absolute atomic E-state index is 0. The Morgan fingerprint density at radius 3 is 0.476 bits per heavy atom. The van der Waals surface area contributed by atoms with Crippen molar-refractivity contribution < 1.29 is 40.9 Å². The Bertz CT molecular complexity index is 143. The van der Waals surface area contributed by atoms with Gasteiger partial charge in [-0.15, -0.1) is 0 Å². The molecule has 0 rings (SSSR count). The SMILES string of the molecule is C[Si](C)(C)O.C[Si](C)(C)O.C[Si](C)(C)[O-].C[Si](C)(C)[O-].[Ti+2]. The van der Waals surface area contributed by atoms with E-state index in [1.54, 1.807) is 39.3 Å². The molecule has 0 radical (unpaired) electrons. The van der Waals surface area contributed by atoms with Crippen LogP contribution in [0.5, 0.6) is 0 Å². The molecule has 0 saturated heterocycles. The molecule has 4 nitrogen and oxygen atoms in total. The van der Waals surface area contributed by atoms with Gasteiger partial charge in [0.25, 0.3) is 0 Å². The number of hydrogen-bond donors (Lipinski definition) is 2. The molecular formula is C12H38O4Si4Ti. The van der Waals surface area contributed by atoms with Crippen LogP contribution in [0.15, 0.2) is 0 Å². The van der Waals surface area contributed by atoms with Crippen molar-refractivity contribution in [1.82, 2.24) is 0 Å². The van der Waals surface area contributed by atoms with Crippen molar-refractivity contribution >= 4 is 33.3 Å². The summed E-state index contributed by atoms with van der Waals surface area (Å²) in [6, 6.07) is 0. The third kappa shape index (κ3) is 4000. The fourth-order valence-corrected chi connectivity index (χ4v) is 0. The Labute approximate surface area is 152 Å². The molecule has 2 N–H and O–H groups in total. The molecule has 0 bridgehead atoms. The summed E-state index contributed by atoms with van der Waals surface area (Å²) in [7, 11) is -6.94. The molecule has 0 aliphatic rings. The summed E-state index contributed by atoms with van der Waals surface area (Å²) in [4.78, 5) is 37.8. The minimum atomic E-state index is -1.86. The van der Waals surface area contributed by atoms with Gasteiger partial charge in [-0.1, -0.05) is 55.9 Å². The molecule has 0 aromatic rings. The summed E-state index contributed by atoms with van der Waals surface area (Å²) < 4.78 is 0. The van der Waals surface area contributed by atoms with Gasteiger partial charge in [-0.05, 0) is 39.3 Å². The fraction of sp³-hybridized carbons (Fsp3) is 1.00. The Balaban J connectivity index is -0.0000000533. The van der Waals surface area contributed by atoms with Crippen LogP contribution in [0.4, 0.5) is 0 Å². The second-order valence-corrected chi connectivity index (χ2v) is 25.7. The molecule has 0 fully saturated rings. The third-order valence-electron chi connectivity index (χ3n) is 0. The van der Waals surface area contributed by atoms with Gasteiger partial charge in [0.15, 0.2) is 16.6 Å². The molecule has 9 heteroatoms. The minimum Gasteiger partial charge on any atom is -0.859 e. The van der Waals surface area contributed by atoms with Gasteiger partial charge in [-0.25, -0.2) is 0 Å². The molecule has 0 aliphatic carbocycles. The second-order valence-electron chi connectivity index (χ2n) is 8.57. The van der Waals surface area contributed by atoms with Crippen LogP contribution in [-0.4, -0.2) is 42.9 Å². The van der Waals surface area contributed by atoms with Crippen LogP contribution in [0.1, 0.15) is 0 Å². The molecule has 0 heterocycles. The van der Waals surface area contributed by atoms with Crippen LogP contribution in [0.2, 0.25) is 78.6 Å². The average Bonchev–Trinajstić information content (AvgIpc) is 1.62. The number of rotatable bonds is 0. The molecule has 0 spiro atoms. The van der Waals surface area contributed by atoms with Gasteiger partial charge in [0.05, 0.1) is 0 Å². The van der Waals surface area contributed by atoms with E-state index in [2.05, 4.69) is 0 Å². The molecule has 0 atom stereocenters. The van der Waals surface area contributed by atoms with Crippen LogP contribution < -0.4 is 9.59 Å². The first-order chi connectivity index (χ1) is 8.00. The van der Waals surface area contributed by atoms with E-state index in [9.17, 15) is 9.59 Å². The molecule has 0 amide bonds. The van der Waals surface area contributed by atoms with Gasteiger partial charge in [-0.3, -0.25) is 0 Å². The Kier molecular flexibility index (Phi) is 22.3. The van der Waals surface area contributed by atoms with Crippen molar-refractivity contribution in [2.24, 2.45) is 0 Å². The monoisotopic (exact) mass is 406 g/mol. The Morgan fingerprint density at radius 2 is 0.476 bits per heavy atom. The average molecular weight is 407 g/mol. The largest absolute Gasteiger partial charge is 2.00 e. The predicted molar refractivity (Wildman–Crippen MR) is 97.8 cm³/mol. The smallest absolute Gasteiger partial charge is 0.859 e. The summed E-state index contributed by atoms with van der Waals surface area (Å²) in [5, 5.41) is 0. The van der Waals surface area contributed by atoms with Crippen LogP contribution in [0, 0.1) is 0 Å². The van der Waals surface area contributed by atoms with E-state index in [1.165, 1.54) is 0 Å². The summed E-state index contributed by atoms with van der Waals surface area (Å²) in [5.41, 5.74) is 0. The summed E-state index contributed by atoms with van der Waals surface area (Å²) in [5.74, 6) is 0. The zero-order chi connectivity index (χ0) is 18.0. The molecule has 0 aliphatic heterocycles. The van der Waals surface area contributed by atoms with Gasteiger partial charge in [0.1, 0.15) is 0 Å². The van der Waals surface area contributed by atoms with Gasteiger partial charge in [0.2, 0.25) is 0 Å². The van der Waals surface area contributed by atoms with E-state index in [4.69, 9.17) is 9.59 Å². The molecule has 130 valence electrons. The number of hydrogen-bond acceptors (Lipinski definition) is 4. The van der Waals surface area contributed by atoms with Crippen LogP contribution in [0.3, 0.4) is 0 Å². The van der Waals surface area contributed by atoms with E-state index in [0.29, 0.717) is 0 Å². The first-order valence-electron chi connectivity index (χ1n) is 6.86. The maximum Gasteiger partial charge on any atom is 2.00 e. The fourth-order valence-electron chi connectivity index (χ4n) is 0. The third-order valence-corrected chi connectivity index (χ3v) is 0. The summed E-state index contributed by atoms with van der Waals surface area (Å²) in [6.07, 6.45) is 0. The first-order valence-corrected chi connectivity index (χ1v) is 20.6. The van der Waals surface area contributed by atoms with Crippen molar-refractivity contribution in [3.63, 3.8) is 0 Å². The maximum absolute atomic E-state index is 10.2.